The van der Waals surface area contributed by atoms with Crippen molar-refractivity contribution in [3.63, 3.8) is 0 Å². The van der Waals surface area contributed by atoms with Gasteiger partial charge in [-0.3, -0.25) is 4.79 Å². The van der Waals surface area contributed by atoms with Gasteiger partial charge in [0, 0.05) is 5.56 Å². The van der Waals surface area contributed by atoms with Crippen molar-refractivity contribution in [3.05, 3.63) is 70.8 Å². The fourth-order valence-electron chi connectivity index (χ4n) is 2.43. The first-order valence-corrected chi connectivity index (χ1v) is 6.20. The zero-order valence-corrected chi connectivity index (χ0v) is 10.9. The Morgan fingerprint density at radius 3 is 2.58 bits per heavy atom. The lowest BCUT2D eigenvalue weighted by atomic mass is 9.98. The van der Waals surface area contributed by atoms with E-state index in [-0.39, 0.29) is 5.78 Å². The molecule has 0 fully saturated rings. The summed E-state index contributed by atoms with van der Waals surface area (Å²) in [7, 11) is 1.61. The molecule has 0 saturated carbocycles. The Kier molecular flexibility index (Phi) is 2.71. The predicted octanol–water partition coefficient (Wildman–Crippen LogP) is 3.63. The van der Waals surface area contributed by atoms with Gasteiger partial charge in [0.2, 0.25) is 0 Å². The predicted molar refractivity (Wildman–Crippen MR) is 75.6 cm³/mol. The molecule has 2 aromatic rings. The molecular weight excluding hydrogens is 236 g/mol. The van der Waals surface area contributed by atoms with Gasteiger partial charge in [-0.2, -0.15) is 0 Å². The van der Waals surface area contributed by atoms with Gasteiger partial charge in [0.1, 0.15) is 5.75 Å². The highest BCUT2D eigenvalue weighted by molar-refractivity contribution is 6.19. The largest absolute Gasteiger partial charge is 0.497 e. The molecular formula is C17H14O2. The number of allylic oxidation sites excluding steroid dienone is 1. The lowest BCUT2D eigenvalue weighted by Gasteiger charge is -2.07. The summed E-state index contributed by atoms with van der Waals surface area (Å²) in [5.41, 5.74) is 4.96. The van der Waals surface area contributed by atoms with E-state index in [0.717, 1.165) is 22.3 Å². The zero-order valence-electron chi connectivity index (χ0n) is 10.9. The number of methoxy groups -OCH3 is 1. The highest BCUT2D eigenvalue weighted by Gasteiger charge is 2.22. The molecule has 0 aliphatic heterocycles. The van der Waals surface area contributed by atoms with E-state index >= 15 is 0 Å². The van der Waals surface area contributed by atoms with Crippen molar-refractivity contribution in [3.8, 4) is 5.75 Å². The summed E-state index contributed by atoms with van der Waals surface area (Å²) >= 11 is 0. The van der Waals surface area contributed by atoms with Gasteiger partial charge in [-0.15, -0.1) is 0 Å². The standard InChI is InChI=1S/C17H14O2/c1-11-4-3-5-12(8-11)15-10-17(18)16-9-13(19-2)6-7-14(15)16/h3-10H,1-2H3. The summed E-state index contributed by atoms with van der Waals surface area (Å²) < 4.78 is 5.17. The van der Waals surface area contributed by atoms with Crippen LogP contribution in [-0.2, 0) is 0 Å². The average Bonchev–Trinajstić information content (AvgIpc) is 2.76. The van der Waals surface area contributed by atoms with Crippen LogP contribution in [0.4, 0.5) is 0 Å². The van der Waals surface area contributed by atoms with Crippen LogP contribution >= 0.6 is 0 Å². The van der Waals surface area contributed by atoms with Gasteiger partial charge >= 0.3 is 0 Å². The maximum Gasteiger partial charge on any atom is 0.187 e. The molecule has 0 unspecified atom stereocenters. The average molecular weight is 250 g/mol. The number of carbonyl (C=O) groups is 1. The molecule has 0 bridgehead atoms. The lowest BCUT2D eigenvalue weighted by molar-refractivity contribution is 0.104. The Morgan fingerprint density at radius 1 is 1.00 bits per heavy atom. The van der Waals surface area contributed by atoms with Crippen LogP contribution in [0, 0.1) is 6.92 Å². The van der Waals surface area contributed by atoms with E-state index in [1.165, 1.54) is 5.56 Å². The minimum Gasteiger partial charge on any atom is -0.497 e. The lowest BCUT2D eigenvalue weighted by Crippen LogP contribution is -1.93. The number of ether oxygens (including phenoxy) is 1. The monoisotopic (exact) mass is 250 g/mol. The second kappa shape index (κ2) is 4.39. The zero-order chi connectivity index (χ0) is 13.4. The normalized spacial score (nSPS) is 13.2. The quantitative estimate of drug-likeness (QED) is 0.813. The number of hydrogen-bond donors (Lipinski definition) is 0. The van der Waals surface area contributed by atoms with E-state index in [1.807, 2.05) is 24.3 Å². The molecule has 0 amide bonds. The van der Waals surface area contributed by atoms with E-state index in [1.54, 1.807) is 19.3 Å². The maximum atomic E-state index is 12.1. The van der Waals surface area contributed by atoms with Crippen molar-refractivity contribution in [2.75, 3.05) is 7.11 Å². The van der Waals surface area contributed by atoms with Crippen molar-refractivity contribution in [2.24, 2.45) is 0 Å². The molecule has 3 rings (SSSR count). The Labute approximate surface area is 112 Å². The summed E-state index contributed by atoms with van der Waals surface area (Å²) in [6.45, 7) is 2.05. The van der Waals surface area contributed by atoms with Crippen LogP contribution in [0.3, 0.4) is 0 Å². The molecule has 19 heavy (non-hydrogen) atoms. The third-order valence-electron chi connectivity index (χ3n) is 3.39. The highest BCUT2D eigenvalue weighted by atomic mass is 16.5. The number of fused-ring (bicyclic) bond motifs is 1. The number of benzene rings is 2. The van der Waals surface area contributed by atoms with Gasteiger partial charge in [0.15, 0.2) is 5.78 Å². The fourth-order valence-corrected chi connectivity index (χ4v) is 2.43. The van der Waals surface area contributed by atoms with Gasteiger partial charge in [0.05, 0.1) is 7.11 Å². The van der Waals surface area contributed by atoms with Crippen LogP contribution in [0.2, 0.25) is 0 Å². The second-order valence-corrected chi connectivity index (χ2v) is 4.70. The van der Waals surface area contributed by atoms with Crippen LogP contribution in [0.1, 0.15) is 27.0 Å². The molecule has 0 saturated heterocycles. The number of ketones is 1. The van der Waals surface area contributed by atoms with Crippen LogP contribution in [0.15, 0.2) is 48.5 Å². The van der Waals surface area contributed by atoms with Crippen molar-refractivity contribution < 1.29 is 9.53 Å². The third kappa shape index (κ3) is 1.95. The molecule has 2 aromatic carbocycles. The smallest absolute Gasteiger partial charge is 0.187 e. The van der Waals surface area contributed by atoms with E-state index in [2.05, 4.69) is 19.1 Å². The minimum absolute atomic E-state index is 0.0467. The molecule has 0 radical (unpaired) electrons. The topological polar surface area (TPSA) is 26.3 Å². The van der Waals surface area contributed by atoms with Gasteiger partial charge in [-0.1, -0.05) is 29.8 Å². The Morgan fingerprint density at radius 2 is 1.84 bits per heavy atom. The van der Waals surface area contributed by atoms with E-state index < -0.39 is 0 Å². The van der Waals surface area contributed by atoms with Crippen molar-refractivity contribution in [1.82, 2.24) is 0 Å². The van der Waals surface area contributed by atoms with Crippen LogP contribution in [-0.4, -0.2) is 12.9 Å². The number of rotatable bonds is 2. The molecule has 0 heterocycles. The van der Waals surface area contributed by atoms with Gasteiger partial charge in [-0.05, 0) is 47.9 Å². The second-order valence-electron chi connectivity index (χ2n) is 4.70. The summed E-state index contributed by atoms with van der Waals surface area (Å²) in [6, 6.07) is 13.8. The van der Waals surface area contributed by atoms with E-state index in [4.69, 9.17) is 4.74 Å². The maximum absolute atomic E-state index is 12.1. The molecule has 2 nitrogen and oxygen atoms in total. The first-order valence-electron chi connectivity index (χ1n) is 6.20. The van der Waals surface area contributed by atoms with E-state index in [9.17, 15) is 4.79 Å². The molecule has 0 spiro atoms. The first-order chi connectivity index (χ1) is 9.19. The number of aryl methyl sites for hydroxylation is 1. The number of carbonyl (C=O) groups excluding carboxylic acids is 1. The van der Waals surface area contributed by atoms with E-state index in [0.29, 0.717) is 5.75 Å². The van der Waals surface area contributed by atoms with Crippen LogP contribution in [0.25, 0.3) is 5.57 Å². The molecule has 0 aromatic heterocycles. The van der Waals surface area contributed by atoms with Gasteiger partial charge < -0.3 is 4.74 Å². The van der Waals surface area contributed by atoms with Gasteiger partial charge in [-0.25, -0.2) is 0 Å². The van der Waals surface area contributed by atoms with Crippen LogP contribution in [0.5, 0.6) is 5.75 Å². The summed E-state index contributed by atoms with van der Waals surface area (Å²) in [4.78, 5) is 12.1. The Balaban J connectivity index is 2.13. The highest BCUT2D eigenvalue weighted by Crippen LogP contribution is 2.34. The Hall–Kier alpha value is -2.35. The van der Waals surface area contributed by atoms with Crippen molar-refractivity contribution >= 4 is 11.4 Å². The Bertz CT molecular complexity index is 696. The molecule has 1 aliphatic rings. The first kappa shape index (κ1) is 11.7. The van der Waals surface area contributed by atoms with Crippen molar-refractivity contribution in [1.29, 1.82) is 0 Å². The minimum atomic E-state index is 0.0467. The number of hydrogen-bond acceptors (Lipinski definition) is 2. The molecule has 1 aliphatic carbocycles. The summed E-state index contributed by atoms with van der Waals surface area (Å²) in [5.74, 6) is 0.761. The fraction of sp³-hybridized carbons (Fsp3) is 0.118. The molecule has 0 atom stereocenters. The molecule has 94 valence electrons. The summed E-state index contributed by atoms with van der Waals surface area (Å²) in [6.07, 6.45) is 1.71. The van der Waals surface area contributed by atoms with Crippen LogP contribution < -0.4 is 4.74 Å². The molecule has 0 N–H and O–H groups in total. The molecule has 2 heteroatoms. The third-order valence-corrected chi connectivity index (χ3v) is 3.39. The van der Waals surface area contributed by atoms with Crippen molar-refractivity contribution in [2.45, 2.75) is 6.92 Å². The summed E-state index contributed by atoms with van der Waals surface area (Å²) in [5, 5.41) is 0. The SMILES string of the molecule is COc1ccc2c(c1)C(=O)C=C2c1cccc(C)c1. The van der Waals surface area contributed by atoms with Gasteiger partial charge in [0.25, 0.3) is 0 Å².